The summed E-state index contributed by atoms with van der Waals surface area (Å²) in [5.41, 5.74) is 5.34. The van der Waals surface area contributed by atoms with Gasteiger partial charge < -0.3 is 0 Å². The lowest BCUT2D eigenvalue weighted by molar-refractivity contribution is 1.15. The number of aromatic nitrogens is 1. The maximum atomic E-state index is 4.26. The Morgan fingerprint density at radius 3 is 2.91 bits per heavy atom. The fourth-order valence-corrected chi connectivity index (χ4v) is 1.69. The monoisotopic (exact) mass is 145 g/mol. The Morgan fingerprint density at radius 1 is 1.36 bits per heavy atom. The molecule has 0 unspecified atom stereocenters. The molecule has 0 N–H and O–H groups in total. The number of aryl methyl sites for hydroxylation is 1. The predicted octanol–water partition coefficient (Wildman–Crippen LogP) is 2.35. The highest BCUT2D eigenvalue weighted by molar-refractivity contribution is 5.72. The molecule has 1 aliphatic carbocycles. The molecule has 0 bridgehead atoms. The fraction of sp³-hybridized carbons (Fsp3) is 0.300. The standard InChI is InChI=1S/C10H11N/c1-7-3-4-9-5-6-11-8(2)10(7)9/h3,5-6H,4H2,1-2H3. The van der Waals surface area contributed by atoms with Gasteiger partial charge in [-0.2, -0.15) is 0 Å². The highest BCUT2D eigenvalue weighted by Gasteiger charge is 2.12. The van der Waals surface area contributed by atoms with Gasteiger partial charge in [-0.15, -0.1) is 0 Å². The van der Waals surface area contributed by atoms with E-state index < -0.39 is 0 Å². The van der Waals surface area contributed by atoms with E-state index in [0.29, 0.717) is 0 Å². The van der Waals surface area contributed by atoms with Gasteiger partial charge >= 0.3 is 0 Å². The minimum Gasteiger partial charge on any atom is -0.261 e. The lowest BCUT2D eigenvalue weighted by Crippen LogP contribution is -1.90. The summed E-state index contributed by atoms with van der Waals surface area (Å²) in [5, 5.41) is 0. The lowest BCUT2D eigenvalue weighted by Gasteiger charge is -2.03. The van der Waals surface area contributed by atoms with Crippen LogP contribution in [0.2, 0.25) is 0 Å². The van der Waals surface area contributed by atoms with Crippen molar-refractivity contribution in [3.05, 3.63) is 35.2 Å². The molecule has 1 heteroatoms. The van der Waals surface area contributed by atoms with Gasteiger partial charge in [-0.05, 0) is 37.5 Å². The van der Waals surface area contributed by atoms with Crippen LogP contribution in [0.1, 0.15) is 23.7 Å². The van der Waals surface area contributed by atoms with E-state index in [1.807, 2.05) is 6.20 Å². The molecule has 1 aromatic heterocycles. The Labute approximate surface area is 66.8 Å². The van der Waals surface area contributed by atoms with Crippen molar-refractivity contribution in [2.45, 2.75) is 20.3 Å². The molecule has 1 aromatic rings. The van der Waals surface area contributed by atoms with Crippen molar-refractivity contribution in [1.29, 1.82) is 0 Å². The molecular weight excluding hydrogens is 134 g/mol. The van der Waals surface area contributed by atoms with E-state index in [9.17, 15) is 0 Å². The molecule has 0 aromatic carbocycles. The van der Waals surface area contributed by atoms with Gasteiger partial charge in [0.2, 0.25) is 0 Å². The van der Waals surface area contributed by atoms with Crippen LogP contribution < -0.4 is 0 Å². The van der Waals surface area contributed by atoms with Gasteiger partial charge in [-0.25, -0.2) is 0 Å². The van der Waals surface area contributed by atoms with Crippen molar-refractivity contribution >= 4 is 5.57 Å². The summed E-state index contributed by atoms with van der Waals surface area (Å²) in [6.07, 6.45) is 5.24. The smallest absolute Gasteiger partial charge is 0.0450 e. The molecule has 0 atom stereocenters. The summed E-state index contributed by atoms with van der Waals surface area (Å²) in [6.45, 7) is 4.22. The second-order valence-corrected chi connectivity index (χ2v) is 3.02. The topological polar surface area (TPSA) is 12.9 Å². The van der Waals surface area contributed by atoms with Gasteiger partial charge in [-0.3, -0.25) is 4.98 Å². The summed E-state index contributed by atoms with van der Waals surface area (Å²) in [7, 11) is 0. The molecule has 0 saturated heterocycles. The highest BCUT2D eigenvalue weighted by Crippen LogP contribution is 2.27. The first-order chi connectivity index (χ1) is 5.29. The van der Waals surface area contributed by atoms with Gasteiger partial charge in [0.1, 0.15) is 0 Å². The number of rotatable bonds is 0. The van der Waals surface area contributed by atoms with Gasteiger partial charge in [0, 0.05) is 17.5 Å². The third kappa shape index (κ3) is 0.881. The maximum Gasteiger partial charge on any atom is 0.0450 e. The molecule has 0 fully saturated rings. The van der Waals surface area contributed by atoms with Gasteiger partial charge in [0.15, 0.2) is 0 Å². The molecule has 2 rings (SSSR count). The average Bonchev–Trinajstić information content (AvgIpc) is 2.34. The summed E-state index contributed by atoms with van der Waals surface area (Å²) in [6, 6.07) is 2.11. The minimum atomic E-state index is 1.09. The maximum absolute atomic E-state index is 4.26. The molecule has 0 saturated carbocycles. The molecule has 56 valence electrons. The van der Waals surface area contributed by atoms with Crippen LogP contribution in [-0.4, -0.2) is 4.98 Å². The summed E-state index contributed by atoms with van der Waals surface area (Å²) < 4.78 is 0. The predicted molar refractivity (Wildman–Crippen MR) is 46.3 cm³/mol. The number of hydrogen-bond acceptors (Lipinski definition) is 1. The first-order valence-corrected chi connectivity index (χ1v) is 3.90. The van der Waals surface area contributed by atoms with Crippen LogP contribution in [0.15, 0.2) is 18.3 Å². The second kappa shape index (κ2) is 2.19. The lowest BCUT2D eigenvalue weighted by atomic mass is 10.1. The largest absolute Gasteiger partial charge is 0.261 e. The van der Waals surface area contributed by atoms with E-state index >= 15 is 0 Å². The van der Waals surface area contributed by atoms with E-state index in [0.717, 1.165) is 12.1 Å². The number of hydrogen-bond donors (Lipinski definition) is 0. The molecule has 0 aliphatic heterocycles. The quantitative estimate of drug-likeness (QED) is 0.546. The van der Waals surface area contributed by atoms with Crippen LogP contribution in [0.25, 0.3) is 5.57 Å². The molecule has 0 radical (unpaired) electrons. The third-order valence-corrected chi connectivity index (χ3v) is 2.25. The van der Waals surface area contributed by atoms with Crippen molar-refractivity contribution in [2.75, 3.05) is 0 Å². The normalized spacial score (nSPS) is 14.5. The number of fused-ring (bicyclic) bond motifs is 1. The first kappa shape index (κ1) is 6.59. The van der Waals surface area contributed by atoms with Crippen LogP contribution >= 0.6 is 0 Å². The van der Waals surface area contributed by atoms with E-state index in [4.69, 9.17) is 0 Å². The Hall–Kier alpha value is -1.11. The Kier molecular flexibility index (Phi) is 1.31. The van der Waals surface area contributed by atoms with Crippen molar-refractivity contribution in [2.24, 2.45) is 0 Å². The first-order valence-electron chi connectivity index (χ1n) is 3.90. The van der Waals surface area contributed by atoms with Crippen molar-refractivity contribution in [1.82, 2.24) is 4.98 Å². The van der Waals surface area contributed by atoms with Crippen LogP contribution in [0.5, 0.6) is 0 Å². The van der Waals surface area contributed by atoms with Crippen LogP contribution in [0, 0.1) is 6.92 Å². The average molecular weight is 145 g/mol. The SMILES string of the molecule is CC1=CCc2ccnc(C)c21. The van der Waals surface area contributed by atoms with Gasteiger partial charge in [0.25, 0.3) is 0 Å². The molecular formula is C10H11N. The number of nitrogens with zero attached hydrogens (tertiary/aromatic N) is 1. The van der Waals surface area contributed by atoms with Crippen molar-refractivity contribution in [3.8, 4) is 0 Å². The fourth-order valence-electron chi connectivity index (χ4n) is 1.69. The molecule has 1 heterocycles. The van der Waals surface area contributed by atoms with Crippen molar-refractivity contribution < 1.29 is 0 Å². The zero-order valence-corrected chi connectivity index (χ0v) is 6.89. The van der Waals surface area contributed by atoms with Gasteiger partial charge in [0.05, 0.1) is 0 Å². The molecule has 0 amide bonds. The summed E-state index contributed by atoms with van der Waals surface area (Å²) in [5.74, 6) is 0. The van der Waals surface area contributed by atoms with Crippen LogP contribution in [0.3, 0.4) is 0 Å². The number of pyridine rings is 1. The molecule has 0 spiro atoms. The zero-order chi connectivity index (χ0) is 7.84. The highest BCUT2D eigenvalue weighted by atomic mass is 14.7. The molecule has 11 heavy (non-hydrogen) atoms. The summed E-state index contributed by atoms with van der Waals surface area (Å²) in [4.78, 5) is 4.26. The van der Waals surface area contributed by atoms with E-state index in [2.05, 4.69) is 31.0 Å². The summed E-state index contributed by atoms with van der Waals surface area (Å²) >= 11 is 0. The molecule has 1 nitrogen and oxygen atoms in total. The van der Waals surface area contributed by atoms with E-state index in [1.54, 1.807) is 0 Å². The minimum absolute atomic E-state index is 1.09. The number of allylic oxidation sites excluding steroid dienone is 2. The Morgan fingerprint density at radius 2 is 2.18 bits per heavy atom. The zero-order valence-electron chi connectivity index (χ0n) is 6.89. The van der Waals surface area contributed by atoms with E-state index in [1.165, 1.54) is 16.7 Å². The second-order valence-electron chi connectivity index (χ2n) is 3.02. The van der Waals surface area contributed by atoms with E-state index in [-0.39, 0.29) is 0 Å². The van der Waals surface area contributed by atoms with Crippen LogP contribution in [-0.2, 0) is 6.42 Å². The molecule has 1 aliphatic rings. The van der Waals surface area contributed by atoms with Gasteiger partial charge in [-0.1, -0.05) is 6.08 Å². The Balaban J connectivity index is 2.67. The van der Waals surface area contributed by atoms with Crippen molar-refractivity contribution in [3.63, 3.8) is 0 Å². The van der Waals surface area contributed by atoms with Crippen LogP contribution in [0.4, 0.5) is 0 Å². The third-order valence-electron chi connectivity index (χ3n) is 2.25. The Bertz CT molecular complexity index is 324.